The van der Waals surface area contributed by atoms with Gasteiger partial charge in [0.05, 0.1) is 11.8 Å². The van der Waals surface area contributed by atoms with Gasteiger partial charge in [-0.25, -0.2) is 9.37 Å². The number of aliphatic hydroxyl groups is 1. The van der Waals surface area contributed by atoms with Crippen molar-refractivity contribution >= 4 is 11.5 Å². The van der Waals surface area contributed by atoms with Gasteiger partial charge in [0.2, 0.25) is 0 Å². The average Bonchev–Trinajstić information content (AvgIpc) is 2.42. The van der Waals surface area contributed by atoms with Crippen molar-refractivity contribution < 1.29 is 9.50 Å². The number of para-hydroxylation sites is 1. The Balaban J connectivity index is 2.52. The Bertz CT molecular complexity index is 557. The minimum atomic E-state index is -0.649. The van der Waals surface area contributed by atoms with Crippen LogP contribution in [0, 0.1) is 5.82 Å². The van der Waals surface area contributed by atoms with Crippen molar-refractivity contribution in [2.45, 2.75) is 20.0 Å². The molecular formula is C15H17FN2O. The largest absolute Gasteiger partial charge is 0.389 e. The summed E-state index contributed by atoms with van der Waals surface area (Å²) in [5.74, 6) is 0.289. The molecule has 0 saturated carbocycles. The molecule has 0 radical (unpaired) electrons. The van der Waals surface area contributed by atoms with Crippen molar-refractivity contribution in [3.8, 4) is 0 Å². The Morgan fingerprint density at radius 3 is 2.63 bits per heavy atom. The van der Waals surface area contributed by atoms with Gasteiger partial charge in [-0.15, -0.1) is 0 Å². The van der Waals surface area contributed by atoms with E-state index in [1.165, 1.54) is 6.07 Å². The number of hydrogen-bond donors (Lipinski definition) is 1. The quantitative estimate of drug-likeness (QED) is 0.915. The highest BCUT2D eigenvalue weighted by atomic mass is 19.1. The van der Waals surface area contributed by atoms with E-state index < -0.39 is 6.10 Å². The molecule has 4 heteroatoms. The second-order valence-electron chi connectivity index (χ2n) is 4.29. The lowest BCUT2D eigenvalue weighted by molar-refractivity contribution is 0.199. The number of halogens is 1. The Labute approximate surface area is 112 Å². The number of pyridine rings is 1. The molecule has 0 fully saturated rings. The van der Waals surface area contributed by atoms with Crippen LogP contribution < -0.4 is 4.90 Å². The van der Waals surface area contributed by atoms with Gasteiger partial charge in [-0.05, 0) is 32.0 Å². The standard InChI is InChI=1S/C15H17FN2O/c1-3-18(14-9-5-4-8-13(14)16)15-12(11(2)19)7-6-10-17-15/h4-11,19H,3H2,1-2H3/t11-/m1/s1. The van der Waals surface area contributed by atoms with E-state index in [-0.39, 0.29) is 5.82 Å². The van der Waals surface area contributed by atoms with Gasteiger partial charge in [-0.1, -0.05) is 18.2 Å². The first-order valence-corrected chi connectivity index (χ1v) is 6.30. The van der Waals surface area contributed by atoms with E-state index in [1.54, 1.807) is 48.4 Å². The normalized spacial score (nSPS) is 12.2. The molecule has 2 rings (SSSR count). The molecule has 1 heterocycles. The number of anilines is 2. The van der Waals surface area contributed by atoms with Crippen LogP contribution in [0.25, 0.3) is 0 Å². The fraction of sp³-hybridized carbons (Fsp3) is 0.267. The molecule has 0 aliphatic carbocycles. The SMILES string of the molecule is CCN(c1ccccc1F)c1ncccc1[C@@H](C)O. The minimum absolute atomic E-state index is 0.299. The number of aromatic nitrogens is 1. The Kier molecular flexibility index (Phi) is 4.12. The smallest absolute Gasteiger partial charge is 0.146 e. The first-order chi connectivity index (χ1) is 9.15. The third-order valence-electron chi connectivity index (χ3n) is 2.98. The third-order valence-corrected chi connectivity index (χ3v) is 2.98. The first kappa shape index (κ1) is 13.5. The molecule has 0 aliphatic rings. The topological polar surface area (TPSA) is 36.4 Å². The minimum Gasteiger partial charge on any atom is -0.389 e. The van der Waals surface area contributed by atoms with E-state index in [1.807, 2.05) is 6.92 Å². The van der Waals surface area contributed by atoms with E-state index in [9.17, 15) is 9.50 Å². The highest BCUT2D eigenvalue weighted by Crippen LogP contribution is 2.31. The monoisotopic (exact) mass is 260 g/mol. The summed E-state index contributed by atoms with van der Waals surface area (Å²) >= 11 is 0. The first-order valence-electron chi connectivity index (χ1n) is 6.30. The molecule has 19 heavy (non-hydrogen) atoms. The number of rotatable bonds is 4. The van der Waals surface area contributed by atoms with Gasteiger partial charge >= 0.3 is 0 Å². The molecular weight excluding hydrogens is 243 g/mol. The van der Waals surface area contributed by atoms with Crippen LogP contribution >= 0.6 is 0 Å². The summed E-state index contributed by atoms with van der Waals surface area (Å²) in [6, 6.07) is 10.1. The summed E-state index contributed by atoms with van der Waals surface area (Å²) in [5, 5.41) is 9.80. The van der Waals surface area contributed by atoms with Crippen LogP contribution in [0.4, 0.5) is 15.9 Å². The summed E-state index contributed by atoms with van der Waals surface area (Å²) in [4.78, 5) is 6.05. The fourth-order valence-electron chi connectivity index (χ4n) is 2.07. The van der Waals surface area contributed by atoms with Gasteiger partial charge in [0.1, 0.15) is 11.6 Å². The van der Waals surface area contributed by atoms with Gasteiger partial charge in [-0.3, -0.25) is 0 Å². The third kappa shape index (κ3) is 2.74. The molecule has 0 aliphatic heterocycles. The maximum absolute atomic E-state index is 13.9. The van der Waals surface area contributed by atoms with Crippen molar-refractivity contribution in [2.24, 2.45) is 0 Å². The number of benzene rings is 1. The van der Waals surface area contributed by atoms with E-state index in [0.29, 0.717) is 23.6 Å². The predicted octanol–water partition coefficient (Wildman–Crippen LogP) is 3.43. The Morgan fingerprint density at radius 2 is 2.00 bits per heavy atom. The van der Waals surface area contributed by atoms with Crippen LogP contribution in [-0.4, -0.2) is 16.6 Å². The van der Waals surface area contributed by atoms with Gasteiger partial charge < -0.3 is 10.0 Å². The highest BCUT2D eigenvalue weighted by molar-refractivity contribution is 5.63. The Hall–Kier alpha value is -1.94. The molecule has 3 nitrogen and oxygen atoms in total. The maximum atomic E-state index is 13.9. The van der Waals surface area contributed by atoms with Crippen LogP contribution in [0.5, 0.6) is 0 Å². The lowest BCUT2D eigenvalue weighted by Gasteiger charge is -2.25. The van der Waals surface area contributed by atoms with E-state index >= 15 is 0 Å². The lowest BCUT2D eigenvalue weighted by atomic mass is 10.1. The highest BCUT2D eigenvalue weighted by Gasteiger charge is 2.18. The van der Waals surface area contributed by atoms with E-state index in [2.05, 4.69) is 4.98 Å². The second kappa shape index (κ2) is 5.80. The van der Waals surface area contributed by atoms with Gasteiger partial charge in [0.15, 0.2) is 0 Å². The van der Waals surface area contributed by atoms with Crippen LogP contribution in [0.2, 0.25) is 0 Å². The molecule has 0 unspecified atom stereocenters. The van der Waals surface area contributed by atoms with Gasteiger partial charge in [0, 0.05) is 18.3 Å². The predicted molar refractivity (Wildman–Crippen MR) is 74.0 cm³/mol. The molecule has 1 aromatic heterocycles. The Morgan fingerprint density at radius 1 is 1.26 bits per heavy atom. The molecule has 1 atom stereocenters. The zero-order valence-electron chi connectivity index (χ0n) is 11.0. The number of aliphatic hydroxyl groups excluding tert-OH is 1. The molecule has 1 aromatic carbocycles. The number of nitrogens with zero attached hydrogens (tertiary/aromatic N) is 2. The van der Waals surface area contributed by atoms with Crippen LogP contribution in [0.15, 0.2) is 42.6 Å². The summed E-state index contributed by atoms with van der Waals surface area (Å²) in [6.07, 6.45) is 0.995. The van der Waals surface area contributed by atoms with Crippen molar-refractivity contribution in [1.29, 1.82) is 0 Å². The van der Waals surface area contributed by atoms with Gasteiger partial charge in [0.25, 0.3) is 0 Å². The maximum Gasteiger partial charge on any atom is 0.146 e. The summed E-state index contributed by atoms with van der Waals surface area (Å²) in [7, 11) is 0. The summed E-state index contributed by atoms with van der Waals surface area (Å²) in [5.41, 5.74) is 1.15. The average molecular weight is 260 g/mol. The molecule has 100 valence electrons. The molecule has 0 bridgehead atoms. The van der Waals surface area contributed by atoms with E-state index in [0.717, 1.165) is 0 Å². The van der Waals surface area contributed by atoms with Crippen LogP contribution in [0.3, 0.4) is 0 Å². The zero-order valence-corrected chi connectivity index (χ0v) is 11.0. The lowest BCUT2D eigenvalue weighted by Crippen LogP contribution is -2.20. The number of hydrogen-bond acceptors (Lipinski definition) is 3. The molecule has 1 N–H and O–H groups in total. The van der Waals surface area contributed by atoms with Crippen LogP contribution in [-0.2, 0) is 0 Å². The molecule has 0 amide bonds. The van der Waals surface area contributed by atoms with Gasteiger partial charge in [-0.2, -0.15) is 0 Å². The summed E-state index contributed by atoms with van der Waals surface area (Å²) < 4.78 is 13.9. The fourth-order valence-corrected chi connectivity index (χ4v) is 2.07. The molecule has 0 spiro atoms. The van der Waals surface area contributed by atoms with Crippen molar-refractivity contribution in [1.82, 2.24) is 4.98 Å². The molecule has 0 saturated heterocycles. The zero-order chi connectivity index (χ0) is 13.8. The van der Waals surface area contributed by atoms with Crippen LogP contribution in [0.1, 0.15) is 25.5 Å². The van der Waals surface area contributed by atoms with E-state index in [4.69, 9.17) is 0 Å². The van der Waals surface area contributed by atoms with Crippen molar-refractivity contribution in [3.05, 3.63) is 54.0 Å². The van der Waals surface area contributed by atoms with Crippen molar-refractivity contribution in [3.63, 3.8) is 0 Å². The van der Waals surface area contributed by atoms with Crippen molar-refractivity contribution in [2.75, 3.05) is 11.4 Å². The molecule has 2 aromatic rings. The second-order valence-corrected chi connectivity index (χ2v) is 4.29. The summed E-state index contributed by atoms with van der Waals surface area (Å²) in [6.45, 7) is 4.17.